The number of hydrogen-bond donors (Lipinski definition) is 2. The predicted molar refractivity (Wildman–Crippen MR) is 75.4 cm³/mol. The normalized spacial score (nSPS) is 34.7. The Hall–Kier alpha value is -0.320. The number of halogens is 2. The first-order valence-corrected chi connectivity index (χ1v) is 7.30. The Labute approximate surface area is 122 Å². The molecule has 4 unspecified atom stereocenters. The van der Waals surface area contributed by atoms with E-state index < -0.39 is 11.5 Å². The van der Waals surface area contributed by atoms with Crippen molar-refractivity contribution in [2.75, 3.05) is 6.54 Å². The van der Waals surface area contributed by atoms with Gasteiger partial charge in [0.15, 0.2) is 0 Å². The molecule has 0 aromatic heterocycles. The van der Waals surface area contributed by atoms with Crippen LogP contribution in [0.15, 0.2) is 18.2 Å². The molecule has 0 amide bonds. The van der Waals surface area contributed by atoms with E-state index in [4.69, 9.17) is 33.7 Å². The number of nitrogens with two attached hydrogens (primary N) is 1. The molecule has 0 saturated carbocycles. The Bertz CT molecular complexity index is 476. The highest BCUT2D eigenvalue weighted by molar-refractivity contribution is 6.34. The molecule has 5 heteroatoms. The molecule has 3 N–H and O–H groups in total. The number of hydrogen-bond acceptors (Lipinski definition) is 3. The molecule has 3 rings (SSSR count). The fourth-order valence-corrected chi connectivity index (χ4v) is 4.06. The zero-order chi connectivity index (χ0) is 13.6. The predicted octanol–water partition coefficient (Wildman–Crippen LogP) is 2.92. The van der Waals surface area contributed by atoms with E-state index in [1.165, 1.54) is 0 Å². The van der Waals surface area contributed by atoms with Crippen LogP contribution >= 0.6 is 23.2 Å². The Morgan fingerprint density at radius 3 is 2.47 bits per heavy atom. The summed E-state index contributed by atoms with van der Waals surface area (Å²) in [7, 11) is 0. The summed E-state index contributed by atoms with van der Waals surface area (Å²) >= 11 is 12.0. The van der Waals surface area contributed by atoms with E-state index in [-0.39, 0.29) is 12.2 Å². The monoisotopic (exact) mass is 301 g/mol. The van der Waals surface area contributed by atoms with Crippen LogP contribution in [-0.2, 0) is 4.74 Å². The highest BCUT2D eigenvalue weighted by Gasteiger charge is 2.55. The van der Waals surface area contributed by atoms with E-state index in [9.17, 15) is 5.11 Å². The molecule has 4 atom stereocenters. The summed E-state index contributed by atoms with van der Waals surface area (Å²) in [5.74, 6) is 0. The van der Waals surface area contributed by atoms with E-state index in [0.717, 1.165) is 24.8 Å². The second-order valence-electron chi connectivity index (χ2n) is 5.57. The van der Waals surface area contributed by atoms with Gasteiger partial charge >= 0.3 is 0 Å². The van der Waals surface area contributed by atoms with Gasteiger partial charge in [-0.3, -0.25) is 0 Å². The van der Waals surface area contributed by atoms with Crippen LogP contribution in [0.5, 0.6) is 0 Å². The third-order valence-electron chi connectivity index (χ3n) is 4.48. The zero-order valence-corrected chi connectivity index (χ0v) is 12.0. The van der Waals surface area contributed by atoms with E-state index in [1.807, 2.05) is 0 Å². The first-order chi connectivity index (χ1) is 9.05. The molecule has 3 nitrogen and oxygen atoms in total. The number of fused-ring (bicyclic) bond motifs is 2. The highest BCUT2D eigenvalue weighted by atomic mass is 35.5. The van der Waals surface area contributed by atoms with Crippen molar-refractivity contribution in [1.82, 2.24) is 0 Å². The second-order valence-corrected chi connectivity index (χ2v) is 6.44. The van der Waals surface area contributed by atoms with Gasteiger partial charge in [0.2, 0.25) is 0 Å². The molecule has 0 aliphatic carbocycles. The van der Waals surface area contributed by atoms with Crippen molar-refractivity contribution in [2.24, 2.45) is 11.1 Å². The molecule has 2 bridgehead atoms. The van der Waals surface area contributed by atoms with Crippen LogP contribution in [0.4, 0.5) is 0 Å². The number of rotatable bonds is 3. The van der Waals surface area contributed by atoms with E-state index in [0.29, 0.717) is 16.6 Å². The molecule has 2 aliphatic heterocycles. The maximum atomic E-state index is 10.8. The lowest BCUT2D eigenvalue weighted by Gasteiger charge is -2.38. The molecular formula is C14H17Cl2NO2. The standard InChI is InChI=1S/C14H17Cl2NO2/c15-9-3-8(4-10(16)5-9)13(18)14(7-17)6-11-1-2-12(14)19-11/h3-5,11-13,18H,1-2,6-7,17H2. The van der Waals surface area contributed by atoms with Crippen LogP contribution < -0.4 is 5.73 Å². The first kappa shape index (κ1) is 13.7. The van der Waals surface area contributed by atoms with Crippen LogP contribution in [0.2, 0.25) is 10.0 Å². The van der Waals surface area contributed by atoms with Crippen molar-refractivity contribution in [1.29, 1.82) is 0 Å². The largest absolute Gasteiger partial charge is 0.388 e. The third-order valence-corrected chi connectivity index (χ3v) is 4.92. The summed E-state index contributed by atoms with van der Waals surface area (Å²) in [5.41, 5.74) is 6.28. The van der Waals surface area contributed by atoms with Crippen molar-refractivity contribution >= 4 is 23.2 Å². The smallest absolute Gasteiger partial charge is 0.0885 e. The van der Waals surface area contributed by atoms with Crippen molar-refractivity contribution in [3.05, 3.63) is 33.8 Å². The fourth-order valence-electron chi connectivity index (χ4n) is 3.51. The minimum atomic E-state index is -0.691. The molecule has 1 aromatic rings. The molecule has 1 aromatic carbocycles. The Balaban J connectivity index is 1.95. The minimum absolute atomic E-state index is 0.0373. The summed E-state index contributed by atoms with van der Waals surface area (Å²) in [4.78, 5) is 0. The maximum absolute atomic E-state index is 10.8. The van der Waals surface area contributed by atoms with Crippen LogP contribution in [0.3, 0.4) is 0 Å². The van der Waals surface area contributed by atoms with Gasteiger partial charge in [0.05, 0.1) is 18.3 Å². The Kier molecular flexibility index (Phi) is 3.52. The van der Waals surface area contributed by atoms with Crippen molar-refractivity contribution in [3.63, 3.8) is 0 Å². The number of aliphatic hydroxyl groups is 1. The maximum Gasteiger partial charge on any atom is 0.0885 e. The van der Waals surface area contributed by atoms with E-state index in [1.54, 1.807) is 18.2 Å². The van der Waals surface area contributed by atoms with Crippen LogP contribution in [0, 0.1) is 5.41 Å². The van der Waals surface area contributed by atoms with Gasteiger partial charge in [0.25, 0.3) is 0 Å². The van der Waals surface area contributed by atoms with Gasteiger partial charge in [-0.2, -0.15) is 0 Å². The molecule has 2 saturated heterocycles. The molecular weight excluding hydrogens is 285 g/mol. The molecule has 19 heavy (non-hydrogen) atoms. The topological polar surface area (TPSA) is 55.5 Å². The lowest BCUT2D eigenvalue weighted by molar-refractivity contribution is -0.0263. The van der Waals surface area contributed by atoms with Gasteiger partial charge in [-0.1, -0.05) is 23.2 Å². The summed E-state index contributed by atoms with van der Waals surface area (Å²) in [5, 5.41) is 11.8. The SMILES string of the molecule is NCC1(C(O)c2cc(Cl)cc(Cl)c2)CC2CCC1O2. The quantitative estimate of drug-likeness (QED) is 0.902. The lowest BCUT2D eigenvalue weighted by atomic mass is 9.68. The first-order valence-electron chi connectivity index (χ1n) is 6.55. The van der Waals surface area contributed by atoms with Crippen molar-refractivity contribution in [2.45, 2.75) is 37.6 Å². The average molecular weight is 302 g/mol. The molecule has 2 fully saturated rings. The van der Waals surface area contributed by atoms with Crippen LogP contribution in [-0.4, -0.2) is 23.9 Å². The van der Waals surface area contributed by atoms with Gasteiger partial charge in [-0.25, -0.2) is 0 Å². The number of benzene rings is 1. The van der Waals surface area contributed by atoms with Crippen molar-refractivity contribution < 1.29 is 9.84 Å². The Morgan fingerprint density at radius 1 is 1.32 bits per heavy atom. The van der Waals surface area contributed by atoms with Gasteiger partial charge < -0.3 is 15.6 Å². The summed E-state index contributed by atoms with van der Waals surface area (Å²) in [6.45, 7) is 0.402. The minimum Gasteiger partial charge on any atom is -0.388 e. The Morgan fingerprint density at radius 2 is 2.00 bits per heavy atom. The molecule has 0 spiro atoms. The van der Waals surface area contributed by atoms with E-state index >= 15 is 0 Å². The van der Waals surface area contributed by atoms with Crippen LogP contribution in [0.25, 0.3) is 0 Å². The summed E-state index contributed by atoms with van der Waals surface area (Å²) in [6.07, 6.45) is 2.42. The lowest BCUT2D eigenvalue weighted by Crippen LogP contribution is -2.44. The van der Waals surface area contributed by atoms with E-state index in [2.05, 4.69) is 0 Å². The molecule has 104 valence electrons. The highest BCUT2D eigenvalue weighted by Crippen LogP contribution is 2.53. The summed E-state index contributed by atoms with van der Waals surface area (Å²) < 4.78 is 5.88. The van der Waals surface area contributed by atoms with Gasteiger partial charge in [-0.05, 0) is 43.0 Å². The third kappa shape index (κ3) is 2.18. The van der Waals surface area contributed by atoms with Gasteiger partial charge in [0, 0.05) is 22.0 Å². The molecule has 2 aliphatic rings. The molecule has 2 heterocycles. The second kappa shape index (κ2) is 4.90. The summed E-state index contributed by atoms with van der Waals surface area (Å²) in [6, 6.07) is 5.16. The average Bonchev–Trinajstić information content (AvgIpc) is 2.97. The number of aliphatic hydroxyl groups excluding tert-OH is 1. The molecule has 0 radical (unpaired) electrons. The zero-order valence-electron chi connectivity index (χ0n) is 10.5. The van der Waals surface area contributed by atoms with Crippen LogP contribution in [0.1, 0.15) is 30.9 Å². The number of ether oxygens (including phenoxy) is 1. The van der Waals surface area contributed by atoms with Gasteiger partial charge in [-0.15, -0.1) is 0 Å². The van der Waals surface area contributed by atoms with Gasteiger partial charge in [0.1, 0.15) is 0 Å². The fraction of sp³-hybridized carbons (Fsp3) is 0.571. The van der Waals surface area contributed by atoms with Crippen molar-refractivity contribution in [3.8, 4) is 0 Å².